The Balaban J connectivity index is 0.000000980. The molecular formula is C10H18ClNO2. The molecule has 0 bridgehead atoms. The molecule has 0 aromatic carbocycles. The Morgan fingerprint density at radius 3 is 2.64 bits per heavy atom. The van der Waals surface area contributed by atoms with E-state index in [1.807, 2.05) is 0 Å². The number of rotatable bonds is 1. The standard InChI is InChI=1S/C10H17NO2.ClH/c12-9(13)10-5-2-1-4-8(10)11-7-3-6-10;/h8,11H,1-7H2,(H,12,13);1H. The summed E-state index contributed by atoms with van der Waals surface area (Å²) in [6.07, 6.45) is 6.09. The normalized spacial score (nSPS) is 36.7. The van der Waals surface area contributed by atoms with Gasteiger partial charge in [-0.3, -0.25) is 4.79 Å². The van der Waals surface area contributed by atoms with Crippen LogP contribution < -0.4 is 5.32 Å². The van der Waals surface area contributed by atoms with E-state index < -0.39 is 11.4 Å². The molecule has 2 fully saturated rings. The molecule has 0 radical (unpaired) electrons. The zero-order valence-corrected chi connectivity index (χ0v) is 9.11. The summed E-state index contributed by atoms with van der Waals surface area (Å²) >= 11 is 0. The fraction of sp³-hybridized carbons (Fsp3) is 0.900. The zero-order valence-electron chi connectivity index (χ0n) is 8.29. The minimum Gasteiger partial charge on any atom is -0.481 e. The van der Waals surface area contributed by atoms with E-state index in [2.05, 4.69) is 5.32 Å². The van der Waals surface area contributed by atoms with Gasteiger partial charge in [-0.15, -0.1) is 12.4 Å². The molecule has 1 saturated carbocycles. The van der Waals surface area contributed by atoms with Crippen LogP contribution in [-0.4, -0.2) is 23.7 Å². The zero-order chi connectivity index (χ0) is 9.31. The van der Waals surface area contributed by atoms with Gasteiger partial charge in [0.15, 0.2) is 0 Å². The van der Waals surface area contributed by atoms with Gasteiger partial charge < -0.3 is 10.4 Å². The molecule has 1 aliphatic heterocycles. The lowest BCUT2D eigenvalue weighted by Crippen LogP contribution is -2.55. The Kier molecular flexibility index (Phi) is 3.78. The van der Waals surface area contributed by atoms with E-state index >= 15 is 0 Å². The summed E-state index contributed by atoms with van der Waals surface area (Å²) in [4.78, 5) is 11.3. The fourth-order valence-electron chi connectivity index (χ4n) is 2.88. The highest BCUT2D eigenvalue weighted by molar-refractivity contribution is 5.85. The molecule has 2 N–H and O–H groups in total. The molecule has 1 saturated heterocycles. The van der Waals surface area contributed by atoms with Gasteiger partial charge >= 0.3 is 5.97 Å². The minimum absolute atomic E-state index is 0. The minimum atomic E-state index is -0.579. The molecule has 4 heteroatoms. The van der Waals surface area contributed by atoms with Crippen molar-refractivity contribution in [3.63, 3.8) is 0 Å². The Bertz CT molecular complexity index is 208. The van der Waals surface area contributed by atoms with Crippen molar-refractivity contribution in [2.45, 2.75) is 44.6 Å². The number of carboxylic acids is 1. The van der Waals surface area contributed by atoms with Crippen molar-refractivity contribution in [3.05, 3.63) is 0 Å². The summed E-state index contributed by atoms with van der Waals surface area (Å²) in [5.41, 5.74) is -0.420. The number of carbonyl (C=O) groups is 1. The van der Waals surface area contributed by atoms with E-state index in [4.69, 9.17) is 0 Å². The summed E-state index contributed by atoms with van der Waals surface area (Å²) in [6.45, 7) is 1.000. The molecule has 2 atom stereocenters. The molecule has 14 heavy (non-hydrogen) atoms. The molecule has 0 spiro atoms. The van der Waals surface area contributed by atoms with Crippen LogP contribution in [0, 0.1) is 5.41 Å². The first-order chi connectivity index (χ1) is 6.26. The first-order valence-electron chi connectivity index (χ1n) is 5.22. The van der Waals surface area contributed by atoms with Crippen LogP contribution in [0.3, 0.4) is 0 Å². The average molecular weight is 220 g/mol. The van der Waals surface area contributed by atoms with Crippen molar-refractivity contribution in [1.82, 2.24) is 5.32 Å². The van der Waals surface area contributed by atoms with Gasteiger partial charge in [-0.2, -0.15) is 0 Å². The van der Waals surface area contributed by atoms with Crippen molar-refractivity contribution >= 4 is 18.4 Å². The van der Waals surface area contributed by atoms with Gasteiger partial charge in [-0.25, -0.2) is 0 Å². The molecule has 82 valence electrons. The van der Waals surface area contributed by atoms with Crippen molar-refractivity contribution < 1.29 is 9.90 Å². The molecule has 1 heterocycles. The van der Waals surface area contributed by atoms with Crippen LogP contribution >= 0.6 is 12.4 Å². The summed E-state index contributed by atoms with van der Waals surface area (Å²) in [5, 5.41) is 12.6. The SMILES string of the molecule is Cl.O=C(O)C12CCCCC1NCCC2. The maximum Gasteiger partial charge on any atom is 0.311 e. The Morgan fingerprint density at radius 2 is 2.00 bits per heavy atom. The lowest BCUT2D eigenvalue weighted by atomic mass is 9.66. The number of piperidine rings is 1. The van der Waals surface area contributed by atoms with E-state index in [1.165, 1.54) is 6.42 Å². The van der Waals surface area contributed by atoms with Gasteiger partial charge in [0.1, 0.15) is 0 Å². The van der Waals surface area contributed by atoms with Crippen LogP contribution in [0.1, 0.15) is 38.5 Å². The monoisotopic (exact) mass is 219 g/mol. The molecule has 1 aliphatic carbocycles. The number of nitrogens with one attached hydrogen (secondary N) is 1. The average Bonchev–Trinajstić information content (AvgIpc) is 2.17. The highest BCUT2D eigenvalue weighted by atomic mass is 35.5. The summed E-state index contributed by atoms with van der Waals surface area (Å²) in [6, 6.07) is 0.243. The van der Waals surface area contributed by atoms with Crippen LogP contribution in [0.25, 0.3) is 0 Å². The van der Waals surface area contributed by atoms with E-state index in [-0.39, 0.29) is 18.4 Å². The highest BCUT2D eigenvalue weighted by Gasteiger charge is 2.48. The predicted molar refractivity (Wildman–Crippen MR) is 56.8 cm³/mol. The third-order valence-corrected chi connectivity index (χ3v) is 3.65. The molecule has 2 aliphatic rings. The lowest BCUT2D eigenvalue weighted by molar-refractivity contribution is -0.155. The maximum atomic E-state index is 11.3. The summed E-state index contributed by atoms with van der Waals surface area (Å²) in [5.74, 6) is -0.579. The maximum absolute atomic E-state index is 11.3. The smallest absolute Gasteiger partial charge is 0.311 e. The Hall–Kier alpha value is -0.280. The van der Waals surface area contributed by atoms with Gasteiger partial charge in [-0.1, -0.05) is 12.8 Å². The van der Waals surface area contributed by atoms with Crippen LogP contribution in [0.5, 0.6) is 0 Å². The highest BCUT2D eigenvalue weighted by Crippen LogP contribution is 2.42. The lowest BCUT2D eigenvalue weighted by Gasteiger charge is -2.44. The number of fused-ring (bicyclic) bond motifs is 1. The van der Waals surface area contributed by atoms with Gasteiger partial charge in [0, 0.05) is 6.04 Å². The third-order valence-electron chi connectivity index (χ3n) is 3.65. The number of hydrogen-bond acceptors (Lipinski definition) is 2. The van der Waals surface area contributed by atoms with Crippen molar-refractivity contribution in [1.29, 1.82) is 0 Å². The number of hydrogen-bond donors (Lipinski definition) is 2. The number of carboxylic acid groups (broad SMARTS) is 1. The van der Waals surface area contributed by atoms with Gasteiger partial charge in [0.05, 0.1) is 5.41 Å². The molecule has 3 nitrogen and oxygen atoms in total. The fourth-order valence-corrected chi connectivity index (χ4v) is 2.88. The Labute approximate surface area is 90.7 Å². The molecule has 0 amide bonds. The van der Waals surface area contributed by atoms with E-state index in [9.17, 15) is 9.90 Å². The number of aliphatic carboxylic acids is 1. The summed E-state index contributed by atoms with van der Waals surface area (Å²) in [7, 11) is 0. The topological polar surface area (TPSA) is 49.3 Å². The number of halogens is 1. The summed E-state index contributed by atoms with van der Waals surface area (Å²) < 4.78 is 0. The predicted octanol–water partition coefficient (Wildman–Crippen LogP) is 1.81. The van der Waals surface area contributed by atoms with Crippen molar-refractivity contribution in [2.75, 3.05) is 6.54 Å². The molecule has 0 aromatic rings. The second-order valence-corrected chi connectivity index (χ2v) is 4.32. The largest absolute Gasteiger partial charge is 0.481 e. The quantitative estimate of drug-likeness (QED) is 0.707. The third kappa shape index (κ3) is 1.75. The molecule has 0 aromatic heterocycles. The van der Waals surface area contributed by atoms with Gasteiger partial charge in [-0.05, 0) is 32.2 Å². The molecule has 2 rings (SSSR count). The first kappa shape index (κ1) is 11.8. The Morgan fingerprint density at radius 1 is 1.29 bits per heavy atom. The van der Waals surface area contributed by atoms with Gasteiger partial charge in [0.25, 0.3) is 0 Å². The second kappa shape index (κ2) is 4.49. The first-order valence-corrected chi connectivity index (χ1v) is 5.22. The second-order valence-electron chi connectivity index (χ2n) is 4.32. The van der Waals surface area contributed by atoms with Crippen LogP contribution in [0.4, 0.5) is 0 Å². The van der Waals surface area contributed by atoms with Crippen LogP contribution in [0.2, 0.25) is 0 Å². The van der Waals surface area contributed by atoms with E-state index in [1.54, 1.807) is 0 Å². The van der Waals surface area contributed by atoms with E-state index in [0.717, 1.165) is 38.6 Å². The van der Waals surface area contributed by atoms with Crippen molar-refractivity contribution in [2.24, 2.45) is 5.41 Å². The molecule has 2 unspecified atom stereocenters. The van der Waals surface area contributed by atoms with Gasteiger partial charge in [0.2, 0.25) is 0 Å². The molecular weight excluding hydrogens is 202 g/mol. The van der Waals surface area contributed by atoms with E-state index in [0.29, 0.717) is 0 Å². The van der Waals surface area contributed by atoms with Crippen LogP contribution in [0.15, 0.2) is 0 Å². The van der Waals surface area contributed by atoms with Crippen LogP contribution in [-0.2, 0) is 4.79 Å². The van der Waals surface area contributed by atoms with Crippen molar-refractivity contribution in [3.8, 4) is 0 Å².